The third-order valence-corrected chi connectivity index (χ3v) is 5.96. The van der Waals surface area contributed by atoms with Crippen LogP contribution in [0.1, 0.15) is 41.7 Å². The molecule has 3 aromatic rings. The lowest BCUT2D eigenvalue weighted by Gasteiger charge is -2.36. The molecule has 1 amide bonds. The van der Waals surface area contributed by atoms with Crippen LogP contribution in [0.4, 0.5) is 0 Å². The summed E-state index contributed by atoms with van der Waals surface area (Å²) in [4.78, 5) is 15.1. The molecule has 0 spiro atoms. The number of hydrogen-bond donors (Lipinski definition) is 1. The van der Waals surface area contributed by atoms with Crippen molar-refractivity contribution >= 4 is 17.5 Å². The Kier molecular flexibility index (Phi) is 5.97. The number of nitrogens with zero attached hydrogens (tertiary/aromatic N) is 3. The molecule has 1 saturated heterocycles. The summed E-state index contributed by atoms with van der Waals surface area (Å²) in [7, 11) is 0. The summed E-state index contributed by atoms with van der Waals surface area (Å²) in [6.45, 7) is 4.19. The average Bonchev–Trinajstić information content (AvgIpc) is 3.25. The van der Waals surface area contributed by atoms with E-state index in [1.807, 2.05) is 30.3 Å². The van der Waals surface area contributed by atoms with Gasteiger partial charge in [-0.25, -0.2) is 4.68 Å². The molecule has 5 nitrogen and oxygen atoms in total. The number of likely N-dealkylation sites (tertiary alicyclic amines) is 1. The topological polar surface area (TPSA) is 50.2 Å². The number of rotatable bonds is 5. The Labute approximate surface area is 176 Å². The van der Waals surface area contributed by atoms with Gasteiger partial charge in [-0.15, -0.1) is 0 Å². The van der Waals surface area contributed by atoms with Crippen molar-refractivity contribution in [1.82, 2.24) is 20.0 Å². The summed E-state index contributed by atoms with van der Waals surface area (Å²) in [5.41, 5.74) is 2.64. The maximum absolute atomic E-state index is 12.7. The summed E-state index contributed by atoms with van der Waals surface area (Å²) in [5, 5.41) is 8.05. The lowest BCUT2D eigenvalue weighted by atomic mass is 10.00. The van der Waals surface area contributed by atoms with Crippen LogP contribution < -0.4 is 5.32 Å². The van der Waals surface area contributed by atoms with Crippen molar-refractivity contribution in [2.75, 3.05) is 13.1 Å². The number of carbonyl (C=O) groups is 1. The second kappa shape index (κ2) is 8.80. The maximum atomic E-state index is 12.7. The zero-order chi connectivity index (χ0) is 20.2. The third kappa shape index (κ3) is 4.52. The largest absolute Gasteiger partial charge is 0.349 e. The first-order valence-corrected chi connectivity index (χ1v) is 10.4. The van der Waals surface area contributed by atoms with E-state index in [0.717, 1.165) is 31.6 Å². The van der Waals surface area contributed by atoms with E-state index in [9.17, 15) is 4.79 Å². The van der Waals surface area contributed by atoms with E-state index in [4.69, 9.17) is 11.6 Å². The van der Waals surface area contributed by atoms with Gasteiger partial charge in [0, 0.05) is 31.4 Å². The third-order valence-electron chi connectivity index (χ3n) is 5.64. The SMILES string of the molecule is CC(c1ccccc1)N1CCC(NC(=O)c2cnn(-c3ccccc3Cl)c2)CC1. The van der Waals surface area contributed by atoms with Gasteiger partial charge in [-0.05, 0) is 37.5 Å². The number of aromatic nitrogens is 2. The summed E-state index contributed by atoms with van der Waals surface area (Å²) in [6, 6.07) is 18.6. The van der Waals surface area contributed by atoms with Crippen LogP contribution in [0.25, 0.3) is 5.69 Å². The van der Waals surface area contributed by atoms with Crippen LogP contribution in [0.3, 0.4) is 0 Å². The van der Waals surface area contributed by atoms with Crippen molar-refractivity contribution in [1.29, 1.82) is 0 Å². The summed E-state index contributed by atoms with van der Waals surface area (Å²) in [5.74, 6) is -0.0853. The molecular formula is C23H25ClN4O. The Balaban J connectivity index is 1.33. The van der Waals surface area contributed by atoms with Gasteiger partial charge in [0.25, 0.3) is 5.91 Å². The van der Waals surface area contributed by atoms with Gasteiger partial charge in [0.1, 0.15) is 0 Å². The van der Waals surface area contributed by atoms with E-state index in [1.54, 1.807) is 17.1 Å². The van der Waals surface area contributed by atoms with Crippen molar-refractivity contribution in [3.8, 4) is 5.69 Å². The Morgan fingerprint density at radius 1 is 1.10 bits per heavy atom. The van der Waals surface area contributed by atoms with E-state index in [-0.39, 0.29) is 11.9 Å². The molecule has 4 rings (SSSR count). The highest BCUT2D eigenvalue weighted by molar-refractivity contribution is 6.32. The number of benzene rings is 2. The second-order valence-electron chi connectivity index (χ2n) is 7.50. The molecule has 0 radical (unpaired) electrons. The number of amides is 1. The Morgan fingerprint density at radius 2 is 1.79 bits per heavy atom. The number of piperidine rings is 1. The van der Waals surface area contributed by atoms with Crippen molar-refractivity contribution in [3.05, 3.63) is 83.1 Å². The number of para-hydroxylation sites is 1. The molecule has 2 heterocycles. The fourth-order valence-electron chi connectivity index (χ4n) is 3.85. The van der Waals surface area contributed by atoms with Crippen LogP contribution in [0, 0.1) is 0 Å². The minimum Gasteiger partial charge on any atom is -0.349 e. The Morgan fingerprint density at radius 3 is 2.52 bits per heavy atom. The number of carbonyl (C=O) groups excluding carboxylic acids is 1. The fraction of sp³-hybridized carbons (Fsp3) is 0.304. The smallest absolute Gasteiger partial charge is 0.254 e. The van der Waals surface area contributed by atoms with Crippen molar-refractivity contribution in [3.63, 3.8) is 0 Å². The lowest BCUT2D eigenvalue weighted by Crippen LogP contribution is -2.45. The summed E-state index contributed by atoms with van der Waals surface area (Å²) < 4.78 is 1.64. The van der Waals surface area contributed by atoms with Gasteiger partial charge < -0.3 is 5.32 Å². The van der Waals surface area contributed by atoms with Crippen LogP contribution in [-0.2, 0) is 0 Å². The van der Waals surface area contributed by atoms with Gasteiger partial charge in [-0.3, -0.25) is 9.69 Å². The maximum Gasteiger partial charge on any atom is 0.254 e. The Hall–Kier alpha value is -2.63. The van der Waals surface area contributed by atoms with E-state index < -0.39 is 0 Å². The highest BCUT2D eigenvalue weighted by Gasteiger charge is 2.25. The molecule has 1 aliphatic rings. The number of halogens is 1. The van der Waals surface area contributed by atoms with Crippen LogP contribution in [0.2, 0.25) is 5.02 Å². The molecule has 0 aliphatic carbocycles. The van der Waals surface area contributed by atoms with E-state index in [1.165, 1.54) is 5.56 Å². The highest BCUT2D eigenvalue weighted by atomic mass is 35.5. The molecule has 2 aromatic carbocycles. The number of hydrogen-bond acceptors (Lipinski definition) is 3. The van der Waals surface area contributed by atoms with Crippen molar-refractivity contribution < 1.29 is 4.79 Å². The highest BCUT2D eigenvalue weighted by Crippen LogP contribution is 2.24. The quantitative estimate of drug-likeness (QED) is 0.677. The fourth-order valence-corrected chi connectivity index (χ4v) is 4.07. The molecule has 0 bridgehead atoms. The van der Waals surface area contributed by atoms with Gasteiger partial charge in [-0.2, -0.15) is 5.10 Å². The minimum atomic E-state index is -0.0853. The monoisotopic (exact) mass is 408 g/mol. The van der Waals surface area contributed by atoms with Crippen molar-refractivity contribution in [2.24, 2.45) is 0 Å². The summed E-state index contributed by atoms with van der Waals surface area (Å²) in [6.07, 6.45) is 5.21. The molecule has 1 atom stereocenters. The van der Waals surface area contributed by atoms with Crippen LogP contribution in [0.15, 0.2) is 67.0 Å². The van der Waals surface area contributed by atoms with Crippen molar-refractivity contribution in [2.45, 2.75) is 31.8 Å². The zero-order valence-corrected chi connectivity index (χ0v) is 17.2. The normalized spacial score (nSPS) is 16.5. The predicted molar refractivity (Wildman–Crippen MR) is 115 cm³/mol. The van der Waals surface area contributed by atoms with Crippen LogP contribution in [-0.4, -0.2) is 39.7 Å². The lowest BCUT2D eigenvalue weighted by molar-refractivity contribution is 0.0896. The number of nitrogens with one attached hydrogen (secondary N) is 1. The first-order valence-electron chi connectivity index (χ1n) is 10.0. The zero-order valence-electron chi connectivity index (χ0n) is 16.5. The molecule has 1 aromatic heterocycles. The molecule has 1 N–H and O–H groups in total. The standard InChI is InChI=1S/C23H25ClN4O/c1-17(18-7-3-2-4-8-18)27-13-11-20(12-14-27)26-23(29)19-15-25-28(16-19)22-10-6-5-9-21(22)24/h2-10,15-17,20H,11-14H2,1H3,(H,26,29). The molecule has 29 heavy (non-hydrogen) atoms. The average molecular weight is 409 g/mol. The van der Waals surface area contributed by atoms with E-state index in [2.05, 4.69) is 46.5 Å². The summed E-state index contributed by atoms with van der Waals surface area (Å²) >= 11 is 6.22. The van der Waals surface area contributed by atoms with Gasteiger partial charge in [0.2, 0.25) is 0 Å². The molecule has 1 unspecified atom stereocenters. The molecule has 1 aliphatic heterocycles. The van der Waals surface area contributed by atoms with Gasteiger partial charge >= 0.3 is 0 Å². The molecule has 150 valence electrons. The second-order valence-corrected chi connectivity index (χ2v) is 7.90. The van der Waals surface area contributed by atoms with Crippen LogP contribution >= 0.6 is 11.6 Å². The van der Waals surface area contributed by atoms with E-state index >= 15 is 0 Å². The minimum absolute atomic E-state index is 0.0853. The molecule has 6 heteroatoms. The molecule has 1 fully saturated rings. The Bertz CT molecular complexity index is 964. The van der Waals surface area contributed by atoms with Gasteiger partial charge in [0.15, 0.2) is 0 Å². The van der Waals surface area contributed by atoms with Crippen LogP contribution in [0.5, 0.6) is 0 Å². The molecule has 0 saturated carbocycles. The predicted octanol–water partition coefficient (Wildman–Crippen LogP) is 4.48. The molecular weight excluding hydrogens is 384 g/mol. The first kappa shape index (κ1) is 19.7. The van der Waals surface area contributed by atoms with Gasteiger partial charge in [-0.1, -0.05) is 54.1 Å². The first-order chi connectivity index (χ1) is 14.1. The van der Waals surface area contributed by atoms with Gasteiger partial charge in [0.05, 0.1) is 22.5 Å². The van der Waals surface area contributed by atoms with E-state index in [0.29, 0.717) is 16.6 Å².